The van der Waals surface area contributed by atoms with Crippen LogP contribution in [0.1, 0.15) is 22.3 Å². The number of aromatic nitrogens is 1. The van der Waals surface area contributed by atoms with Crippen molar-refractivity contribution in [3.8, 4) is 0 Å². The lowest BCUT2D eigenvalue weighted by Gasteiger charge is -2.12. The Morgan fingerprint density at radius 2 is 1.48 bits per heavy atom. The molecular weight excluding hydrogens is 392 g/mol. The molecule has 2 aromatic carbocycles. The molecule has 0 radical (unpaired) electrons. The van der Waals surface area contributed by atoms with Crippen molar-refractivity contribution in [2.24, 2.45) is 5.73 Å². The molecule has 3 rings (SSSR count). The first kappa shape index (κ1) is 22.0. The van der Waals surface area contributed by atoms with E-state index in [0.29, 0.717) is 19.5 Å². The SMILES string of the molecule is N[C@@H](Cc1cccnc1)C(=O)NCc1ccc(CNC(=O)OCc2ccccc2)cc1. The quantitative estimate of drug-likeness (QED) is 0.495. The van der Waals surface area contributed by atoms with Crippen LogP contribution in [0, 0.1) is 0 Å². The number of nitrogens with zero attached hydrogens (tertiary/aromatic N) is 1. The maximum absolute atomic E-state index is 12.2. The Balaban J connectivity index is 1.37. The Kier molecular flexibility index (Phi) is 8.13. The van der Waals surface area contributed by atoms with Crippen LogP contribution in [-0.4, -0.2) is 23.0 Å². The van der Waals surface area contributed by atoms with Gasteiger partial charge in [-0.05, 0) is 34.7 Å². The van der Waals surface area contributed by atoms with E-state index in [0.717, 1.165) is 22.3 Å². The summed E-state index contributed by atoms with van der Waals surface area (Å²) < 4.78 is 5.19. The summed E-state index contributed by atoms with van der Waals surface area (Å²) in [6.45, 7) is 0.969. The number of hydrogen-bond donors (Lipinski definition) is 3. The molecule has 0 saturated carbocycles. The number of alkyl carbamates (subject to hydrolysis) is 1. The highest BCUT2D eigenvalue weighted by Crippen LogP contribution is 2.06. The van der Waals surface area contributed by atoms with Gasteiger partial charge in [-0.1, -0.05) is 60.7 Å². The van der Waals surface area contributed by atoms with Crippen molar-refractivity contribution in [1.82, 2.24) is 15.6 Å². The number of ether oxygens (including phenoxy) is 1. The van der Waals surface area contributed by atoms with Gasteiger partial charge in [0.05, 0.1) is 6.04 Å². The van der Waals surface area contributed by atoms with E-state index in [1.165, 1.54) is 0 Å². The van der Waals surface area contributed by atoms with E-state index >= 15 is 0 Å². The van der Waals surface area contributed by atoms with E-state index in [9.17, 15) is 9.59 Å². The number of pyridine rings is 1. The minimum atomic E-state index is -0.630. The van der Waals surface area contributed by atoms with Crippen LogP contribution in [0.4, 0.5) is 4.79 Å². The molecule has 0 spiro atoms. The van der Waals surface area contributed by atoms with Crippen LogP contribution in [0.15, 0.2) is 79.1 Å². The fourth-order valence-electron chi connectivity index (χ4n) is 2.91. The first-order valence-electron chi connectivity index (χ1n) is 10.0. The van der Waals surface area contributed by atoms with Crippen LogP contribution in [0.2, 0.25) is 0 Å². The van der Waals surface area contributed by atoms with Gasteiger partial charge in [-0.15, -0.1) is 0 Å². The second kappa shape index (κ2) is 11.5. The Labute approximate surface area is 181 Å². The molecule has 1 aromatic heterocycles. The van der Waals surface area contributed by atoms with Crippen molar-refractivity contribution < 1.29 is 14.3 Å². The summed E-state index contributed by atoms with van der Waals surface area (Å²) in [5.74, 6) is -0.212. The van der Waals surface area contributed by atoms with Gasteiger partial charge in [0.2, 0.25) is 5.91 Å². The summed E-state index contributed by atoms with van der Waals surface area (Å²) in [5, 5.41) is 5.57. The van der Waals surface area contributed by atoms with E-state index in [1.807, 2.05) is 66.7 Å². The average Bonchev–Trinajstić information content (AvgIpc) is 2.81. The van der Waals surface area contributed by atoms with Gasteiger partial charge in [-0.2, -0.15) is 0 Å². The van der Waals surface area contributed by atoms with Gasteiger partial charge < -0.3 is 21.1 Å². The third-order valence-corrected chi connectivity index (χ3v) is 4.65. The highest BCUT2D eigenvalue weighted by Gasteiger charge is 2.13. The van der Waals surface area contributed by atoms with Crippen molar-refractivity contribution in [3.63, 3.8) is 0 Å². The summed E-state index contributed by atoms with van der Waals surface area (Å²) in [5.41, 5.74) is 9.70. The summed E-state index contributed by atoms with van der Waals surface area (Å²) in [6.07, 6.45) is 3.35. The number of hydrogen-bond acceptors (Lipinski definition) is 5. The molecule has 0 fully saturated rings. The van der Waals surface area contributed by atoms with E-state index in [2.05, 4.69) is 15.6 Å². The molecular formula is C24H26N4O3. The molecule has 1 atom stereocenters. The van der Waals surface area contributed by atoms with Crippen molar-refractivity contribution >= 4 is 12.0 Å². The van der Waals surface area contributed by atoms with Gasteiger partial charge in [0.1, 0.15) is 6.61 Å². The van der Waals surface area contributed by atoms with Gasteiger partial charge in [0.25, 0.3) is 0 Å². The first-order chi connectivity index (χ1) is 15.1. The van der Waals surface area contributed by atoms with Gasteiger partial charge in [0.15, 0.2) is 0 Å². The molecule has 160 valence electrons. The fourth-order valence-corrected chi connectivity index (χ4v) is 2.91. The van der Waals surface area contributed by atoms with Crippen molar-refractivity contribution in [1.29, 1.82) is 0 Å². The molecule has 0 aliphatic heterocycles. The number of carbonyl (C=O) groups is 2. The number of benzene rings is 2. The molecule has 0 saturated heterocycles. The fraction of sp³-hybridized carbons (Fsp3) is 0.208. The summed E-state index contributed by atoms with van der Waals surface area (Å²) in [6, 6.07) is 20.2. The molecule has 1 heterocycles. The first-order valence-corrected chi connectivity index (χ1v) is 10.0. The molecule has 0 bridgehead atoms. The van der Waals surface area contributed by atoms with Crippen LogP contribution >= 0.6 is 0 Å². The zero-order valence-corrected chi connectivity index (χ0v) is 17.2. The topological polar surface area (TPSA) is 106 Å². The predicted octanol–water partition coefficient (Wildman–Crippen LogP) is 2.69. The van der Waals surface area contributed by atoms with Gasteiger partial charge in [-0.25, -0.2) is 4.79 Å². The van der Waals surface area contributed by atoms with Crippen LogP contribution < -0.4 is 16.4 Å². The normalized spacial score (nSPS) is 11.4. The summed E-state index contributed by atoms with van der Waals surface area (Å²) in [4.78, 5) is 28.1. The average molecular weight is 418 g/mol. The Morgan fingerprint density at radius 3 is 2.13 bits per heavy atom. The Bertz CT molecular complexity index is 963. The zero-order valence-electron chi connectivity index (χ0n) is 17.2. The van der Waals surface area contributed by atoms with E-state index < -0.39 is 12.1 Å². The molecule has 4 N–H and O–H groups in total. The van der Waals surface area contributed by atoms with E-state index in [4.69, 9.17) is 10.5 Å². The summed E-state index contributed by atoms with van der Waals surface area (Å²) >= 11 is 0. The summed E-state index contributed by atoms with van der Waals surface area (Å²) in [7, 11) is 0. The van der Waals surface area contributed by atoms with Crippen LogP contribution in [-0.2, 0) is 35.6 Å². The molecule has 2 amide bonds. The molecule has 0 unspecified atom stereocenters. The molecule has 31 heavy (non-hydrogen) atoms. The van der Waals surface area contributed by atoms with Gasteiger partial charge in [0, 0.05) is 25.5 Å². The maximum Gasteiger partial charge on any atom is 0.407 e. The number of amides is 2. The molecule has 7 nitrogen and oxygen atoms in total. The predicted molar refractivity (Wildman–Crippen MR) is 118 cm³/mol. The lowest BCUT2D eigenvalue weighted by molar-refractivity contribution is -0.122. The molecule has 7 heteroatoms. The van der Waals surface area contributed by atoms with Crippen LogP contribution in [0.5, 0.6) is 0 Å². The Hall–Kier alpha value is -3.71. The second-order valence-electron chi connectivity index (χ2n) is 7.12. The van der Waals surface area contributed by atoms with Crippen molar-refractivity contribution in [2.75, 3.05) is 0 Å². The van der Waals surface area contributed by atoms with E-state index in [1.54, 1.807) is 12.4 Å². The Morgan fingerprint density at radius 1 is 0.839 bits per heavy atom. The molecule has 0 aliphatic rings. The second-order valence-corrected chi connectivity index (χ2v) is 7.12. The van der Waals surface area contributed by atoms with Crippen molar-refractivity contribution in [2.45, 2.75) is 32.2 Å². The monoisotopic (exact) mass is 418 g/mol. The lowest BCUT2D eigenvalue weighted by Crippen LogP contribution is -2.41. The molecule has 3 aromatic rings. The zero-order chi connectivity index (χ0) is 21.9. The maximum atomic E-state index is 12.2. The standard InChI is InChI=1S/C24H26N4O3/c25-22(13-21-7-4-12-26-14-21)23(29)27-15-18-8-10-19(11-9-18)16-28-24(30)31-17-20-5-2-1-3-6-20/h1-12,14,22H,13,15-17,25H2,(H,27,29)(H,28,30)/t22-/m0/s1. The number of nitrogens with one attached hydrogen (secondary N) is 2. The highest BCUT2D eigenvalue weighted by atomic mass is 16.5. The number of rotatable bonds is 9. The molecule has 0 aliphatic carbocycles. The third kappa shape index (κ3) is 7.56. The van der Waals surface area contributed by atoms with Crippen molar-refractivity contribution in [3.05, 3.63) is 101 Å². The van der Waals surface area contributed by atoms with Crippen LogP contribution in [0.25, 0.3) is 0 Å². The van der Waals surface area contributed by atoms with Gasteiger partial charge >= 0.3 is 6.09 Å². The third-order valence-electron chi connectivity index (χ3n) is 4.65. The smallest absolute Gasteiger partial charge is 0.407 e. The highest BCUT2D eigenvalue weighted by molar-refractivity contribution is 5.81. The largest absolute Gasteiger partial charge is 0.445 e. The number of carbonyl (C=O) groups excluding carboxylic acids is 2. The lowest BCUT2D eigenvalue weighted by atomic mass is 10.1. The van der Waals surface area contributed by atoms with Gasteiger partial charge in [-0.3, -0.25) is 9.78 Å². The minimum Gasteiger partial charge on any atom is -0.445 e. The minimum absolute atomic E-state index is 0.212. The number of nitrogens with two attached hydrogens (primary N) is 1. The van der Waals surface area contributed by atoms with E-state index in [-0.39, 0.29) is 12.5 Å². The van der Waals surface area contributed by atoms with Crippen LogP contribution in [0.3, 0.4) is 0 Å².